The first-order valence-electron chi connectivity index (χ1n) is 5.94. The molecule has 1 fully saturated rings. The second-order valence-electron chi connectivity index (χ2n) is 4.38. The molecule has 3 heteroatoms. The van der Waals surface area contributed by atoms with Crippen LogP contribution in [0.3, 0.4) is 0 Å². The summed E-state index contributed by atoms with van der Waals surface area (Å²) in [5.41, 5.74) is 2.66. The minimum Gasteiger partial charge on any atom is -0.266 e. The molecule has 0 N–H and O–H groups in total. The van der Waals surface area contributed by atoms with Gasteiger partial charge in [0, 0.05) is 17.2 Å². The highest BCUT2D eigenvalue weighted by atomic mass is 35.5. The first-order valence-corrected chi connectivity index (χ1v) is 6.47. The molecule has 0 bridgehead atoms. The van der Waals surface area contributed by atoms with Gasteiger partial charge in [-0.05, 0) is 25.7 Å². The summed E-state index contributed by atoms with van der Waals surface area (Å²) >= 11 is 5.95. The van der Waals surface area contributed by atoms with E-state index >= 15 is 0 Å². The lowest BCUT2D eigenvalue weighted by Gasteiger charge is -2.17. The molecular formula is C12H19ClN2. The van der Waals surface area contributed by atoms with Crippen LogP contribution in [0, 0.1) is 0 Å². The third kappa shape index (κ3) is 2.05. The number of halogens is 1. The third-order valence-corrected chi connectivity index (χ3v) is 3.60. The Morgan fingerprint density at radius 2 is 2.13 bits per heavy atom. The number of hydrogen-bond donors (Lipinski definition) is 0. The Morgan fingerprint density at radius 1 is 1.47 bits per heavy atom. The van der Waals surface area contributed by atoms with E-state index in [1.807, 2.05) is 6.20 Å². The van der Waals surface area contributed by atoms with Crippen molar-refractivity contribution in [3.05, 3.63) is 17.5 Å². The Kier molecular flexibility index (Phi) is 3.35. The quantitative estimate of drug-likeness (QED) is 0.698. The fourth-order valence-corrected chi connectivity index (χ4v) is 2.45. The van der Waals surface area contributed by atoms with Gasteiger partial charge in [0.05, 0.1) is 18.1 Å². The first kappa shape index (κ1) is 11.0. The lowest BCUT2D eigenvalue weighted by atomic mass is 10.1. The molecule has 0 aromatic carbocycles. The molecule has 0 atom stereocenters. The summed E-state index contributed by atoms with van der Waals surface area (Å²) in [6, 6.07) is 0.553. The second kappa shape index (κ2) is 4.56. The zero-order valence-electron chi connectivity index (χ0n) is 9.54. The van der Waals surface area contributed by atoms with Gasteiger partial charge in [0.2, 0.25) is 0 Å². The maximum absolute atomic E-state index is 5.95. The lowest BCUT2D eigenvalue weighted by Crippen LogP contribution is -2.12. The van der Waals surface area contributed by atoms with Crippen LogP contribution in [0.15, 0.2) is 6.20 Å². The molecule has 2 nitrogen and oxygen atoms in total. The van der Waals surface area contributed by atoms with E-state index in [0.29, 0.717) is 11.9 Å². The molecule has 1 aromatic rings. The molecule has 0 spiro atoms. The number of rotatable bonds is 5. The Labute approximate surface area is 96.6 Å². The van der Waals surface area contributed by atoms with Crippen LogP contribution in [0.25, 0.3) is 0 Å². The minimum atomic E-state index is 0.553. The minimum absolute atomic E-state index is 0.553. The van der Waals surface area contributed by atoms with Crippen molar-refractivity contribution in [2.45, 2.75) is 57.4 Å². The van der Waals surface area contributed by atoms with E-state index in [-0.39, 0.29) is 0 Å². The SMILES string of the molecule is CCC(CC)n1ncc(CCl)c1C1CC1. The topological polar surface area (TPSA) is 17.8 Å². The zero-order valence-corrected chi connectivity index (χ0v) is 10.3. The van der Waals surface area contributed by atoms with E-state index in [1.165, 1.54) is 24.1 Å². The van der Waals surface area contributed by atoms with Crippen LogP contribution in [0.1, 0.15) is 62.7 Å². The summed E-state index contributed by atoms with van der Waals surface area (Å²) in [7, 11) is 0. The summed E-state index contributed by atoms with van der Waals surface area (Å²) in [6.07, 6.45) is 6.89. The largest absolute Gasteiger partial charge is 0.266 e. The molecule has 1 aliphatic rings. The molecule has 1 aromatic heterocycles. The van der Waals surface area contributed by atoms with Crippen molar-refractivity contribution in [1.82, 2.24) is 9.78 Å². The highest BCUT2D eigenvalue weighted by Crippen LogP contribution is 2.43. The predicted octanol–water partition coefficient (Wildman–Crippen LogP) is 3.86. The Morgan fingerprint density at radius 3 is 2.60 bits per heavy atom. The first-order chi connectivity index (χ1) is 7.31. The Hall–Kier alpha value is -0.500. The van der Waals surface area contributed by atoms with Crippen LogP contribution in [0.2, 0.25) is 0 Å². The van der Waals surface area contributed by atoms with Crippen molar-refractivity contribution >= 4 is 11.6 Å². The molecular weight excluding hydrogens is 208 g/mol. The van der Waals surface area contributed by atoms with E-state index in [2.05, 4.69) is 23.6 Å². The van der Waals surface area contributed by atoms with Crippen molar-refractivity contribution in [3.63, 3.8) is 0 Å². The van der Waals surface area contributed by atoms with Gasteiger partial charge in [-0.3, -0.25) is 4.68 Å². The maximum atomic E-state index is 5.95. The standard InChI is InChI=1S/C12H19ClN2/c1-3-11(4-2)15-12(9-5-6-9)10(7-13)8-14-15/h8-9,11H,3-7H2,1-2H3. The lowest BCUT2D eigenvalue weighted by molar-refractivity contribution is 0.414. The molecule has 1 saturated carbocycles. The monoisotopic (exact) mass is 226 g/mol. The average molecular weight is 227 g/mol. The summed E-state index contributed by atoms with van der Waals surface area (Å²) in [4.78, 5) is 0. The van der Waals surface area contributed by atoms with Gasteiger partial charge in [0.1, 0.15) is 0 Å². The van der Waals surface area contributed by atoms with Crippen molar-refractivity contribution < 1.29 is 0 Å². The van der Waals surface area contributed by atoms with Crippen molar-refractivity contribution in [2.24, 2.45) is 0 Å². The fraction of sp³-hybridized carbons (Fsp3) is 0.750. The van der Waals surface area contributed by atoms with Crippen LogP contribution >= 0.6 is 11.6 Å². The smallest absolute Gasteiger partial charge is 0.0537 e. The molecule has 84 valence electrons. The second-order valence-corrected chi connectivity index (χ2v) is 4.65. The molecule has 15 heavy (non-hydrogen) atoms. The number of hydrogen-bond acceptors (Lipinski definition) is 1. The molecule has 1 heterocycles. The Bertz CT molecular complexity index is 324. The molecule has 0 aliphatic heterocycles. The highest BCUT2D eigenvalue weighted by molar-refractivity contribution is 6.17. The van der Waals surface area contributed by atoms with E-state index in [9.17, 15) is 0 Å². The maximum Gasteiger partial charge on any atom is 0.0537 e. The van der Waals surface area contributed by atoms with Crippen molar-refractivity contribution in [1.29, 1.82) is 0 Å². The highest BCUT2D eigenvalue weighted by Gasteiger charge is 2.31. The van der Waals surface area contributed by atoms with Crippen LogP contribution in [0.4, 0.5) is 0 Å². The van der Waals surface area contributed by atoms with Gasteiger partial charge in [-0.15, -0.1) is 11.6 Å². The van der Waals surface area contributed by atoms with Gasteiger partial charge < -0.3 is 0 Å². The van der Waals surface area contributed by atoms with Crippen molar-refractivity contribution in [2.75, 3.05) is 0 Å². The average Bonchev–Trinajstić information content (AvgIpc) is 3.01. The number of alkyl halides is 1. The molecule has 0 unspecified atom stereocenters. The summed E-state index contributed by atoms with van der Waals surface area (Å²) in [5, 5.41) is 4.52. The van der Waals surface area contributed by atoms with Crippen LogP contribution in [-0.2, 0) is 5.88 Å². The van der Waals surface area contributed by atoms with Gasteiger partial charge in [-0.1, -0.05) is 13.8 Å². The van der Waals surface area contributed by atoms with Gasteiger partial charge in [0.15, 0.2) is 0 Å². The van der Waals surface area contributed by atoms with Gasteiger partial charge >= 0.3 is 0 Å². The van der Waals surface area contributed by atoms with Gasteiger partial charge in [0.25, 0.3) is 0 Å². The number of aromatic nitrogens is 2. The van der Waals surface area contributed by atoms with E-state index in [0.717, 1.165) is 18.8 Å². The van der Waals surface area contributed by atoms with Crippen molar-refractivity contribution in [3.8, 4) is 0 Å². The third-order valence-electron chi connectivity index (χ3n) is 3.31. The Balaban J connectivity index is 2.32. The normalized spacial score (nSPS) is 16.3. The summed E-state index contributed by atoms with van der Waals surface area (Å²) in [5.74, 6) is 1.34. The molecule has 0 radical (unpaired) electrons. The molecule has 0 saturated heterocycles. The van der Waals surface area contributed by atoms with Crippen LogP contribution < -0.4 is 0 Å². The number of nitrogens with zero attached hydrogens (tertiary/aromatic N) is 2. The zero-order chi connectivity index (χ0) is 10.8. The summed E-state index contributed by atoms with van der Waals surface area (Å²) in [6.45, 7) is 4.46. The van der Waals surface area contributed by atoms with Gasteiger partial charge in [-0.25, -0.2) is 0 Å². The van der Waals surface area contributed by atoms with E-state index in [4.69, 9.17) is 11.6 Å². The molecule has 2 rings (SSSR count). The molecule has 0 amide bonds. The predicted molar refractivity (Wildman–Crippen MR) is 63.4 cm³/mol. The van der Waals surface area contributed by atoms with E-state index in [1.54, 1.807) is 0 Å². The molecule has 1 aliphatic carbocycles. The van der Waals surface area contributed by atoms with Gasteiger partial charge in [-0.2, -0.15) is 5.10 Å². The van der Waals surface area contributed by atoms with E-state index < -0.39 is 0 Å². The van der Waals surface area contributed by atoms with Crippen LogP contribution in [0.5, 0.6) is 0 Å². The van der Waals surface area contributed by atoms with Crippen LogP contribution in [-0.4, -0.2) is 9.78 Å². The fourth-order valence-electron chi connectivity index (χ4n) is 2.24. The summed E-state index contributed by atoms with van der Waals surface area (Å²) < 4.78 is 2.23.